The molecule has 0 spiro atoms. The second-order valence-electron chi connectivity index (χ2n) is 7.16. The molecule has 0 atom stereocenters. The molecular weight excluding hydrogens is 388 g/mol. The molecule has 1 N–H and O–H groups in total. The number of benzene rings is 1. The lowest BCUT2D eigenvalue weighted by atomic mass is 10.1. The molecule has 1 amide bonds. The van der Waals surface area contributed by atoms with E-state index in [4.69, 9.17) is 0 Å². The maximum atomic E-state index is 12.5. The molecule has 0 aliphatic rings. The van der Waals surface area contributed by atoms with Crippen molar-refractivity contribution >= 4 is 17.4 Å². The summed E-state index contributed by atoms with van der Waals surface area (Å²) in [5, 5.41) is 2.83. The number of likely N-dealkylation sites (N-methyl/N-ethyl adjacent to an activating group) is 1. The van der Waals surface area contributed by atoms with Crippen molar-refractivity contribution in [2.24, 2.45) is 0 Å². The van der Waals surface area contributed by atoms with Crippen LogP contribution in [0.5, 0.6) is 0 Å². The van der Waals surface area contributed by atoms with Crippen molar-refractivity contribution in [3.05, 3.63) is 85.2 Å². The third-order valence-corrected chi connectivity index (χ3v) is 4.81. The lowest BCUT2D eigenvalue weighted by molar-refractivity contribution is -0.114. The molecule has 0 bridgehead atoms. The van der Waals surface area contributed by atoms with Crippen LogP contribution in [0.3, 0.4) is 0 Å². The van der Waals surface area contributed by atoms with Crippen LogP contribution in [0.25, 0.3) is 22.4 Å². The molecule has 0 saturated heterocycles. The van der Waals surface area contributed by atoms with E-state index < -0.39 is 0 Å². The Morgan fingerprint density at radius 3 is 2.35 bits per heavy atom. The van der Waals surface area contributed by atoms with Gasteiger partial charge in [0.2, 0.25) is 5.91 Å². The summed E-state index contributed by atoms with van der Waals surface area (Å²) in [6.45, 7) is 2.18. The van der Waals surface area contributed by atoms with E-state index in [0.29, 0.717) is 5.82 Å². The van der Waals surface area contributed by atoms with Gasteiger partial charge in [0.1, 0.15) is 5.82 Å². The number of hydrogen-bond acceptors (Lipinski definition) is 6. The Hall–Kier alpha value is -4.13. The van der Waals surface area contributed by atoms with Gasteiger partial charge in [0.15, 0.2) is 0 Å². The van der Waals surface area contributed by atoms with Gasteiger partial charge in [0.25, 0.3) is 0 Å². The van der Waals surface area contributed by atoms with E-state index in [1.54, 1.807) is 30.9 Å². The van der Waals surface area contributed by atoms with E-state index in [1.807, 2.05) is 61.5 Å². The molecule has 0 fully saturated rings. The van der Waals surface area contributed by atoms with Gasteiger partial charge in [-0.05, 0) is 54.4 Å². The van der Waals surface area contributed by atoms with Gasteiger partial charge in [-0.15, -0.1) is 0 Å². The fourth-order valence-corrected chi connectivity index (χ4v) is 3.19. The lowest BCUT2D eigenvalue weighted by Crippen LogP contribution is -2.30. The molecule has 7 nitrogen and oxygen atoms in total. The number of aryl methyl sites for hydroxylation is 1. The van der Waals surface area contributed by atoms with Crippen LogP contribution >= 0.6 is 0 Å². The molecule has 4 rings (SSSR count). The number of nitrogens with zero attached hydrogens (tertiary/aromatic N) is 5. The molecule has 0 aliphatic heterocycles. The first-order chi connectivity index (χ1) is 15.1. The highest BCUT2D eigenvalue weighted by Gasteiger charge is 2.10. The molecule has 7 heteroatoms. The van der Waals surface area contributed by atoms with E-state index in [0.717, 1.165) is 33.8 Å². The maximum Gasteiger partial charge on any atom is 0.245 e. The standard InChI is InChI=1S/C24H22N6O/c1-17-13-19(9-10-26-17)18-3-6-21(7-4-18)30(2)16-24(31)29-23-8-5-20(14-28-23)22-15-25-11-12-27-22/h3-15H,16H2,1-2H3,(H,28,29,31). The summed E-state index contributed by atoms with van der Waals surface area (Å²) in [5.74, 6) is 0.352. The largest absolute Gasteiger partial charge is 0.365 e. The Kier molecular flexibility index (Phi) is 5.93. The first kappa shape index (κ1) is 20.2. The van der Waals surface area contributed by atoms with Crippen LogP contribution in [-0.2, 0) is 4.79 Å². The number of anilines is 2. The number of carbonyl (C=O) groups is 1. The van der Waals surface area contributed by atoms with Crippen LogP contribution in [-0.4, -0.2) is 39.4 Å². The average molecular weight is 410 g/mol. The molecule has 0 unspecified atom stereocenters. The highest BCUT2D eigenvalue weighted by atomic mass is 16.2. The lowest BCUT2D eigenvalue weighted by Gasteiger charge is -2.19. The number of carbonyl (C=O) groups excluding carboxylic acids is 1. The molecule has 0 aliphatic carbocycles. The second kappa shape index (κ2) is 9.13. The quantitative estimate of drug-likeness (QED) is 0.518. The monoisotopic (exact) mass is 410 g/mol. The van der Waals surface area contributed by atoms with E-state index in [-0.39, 0.29) is 12.5 Å². The number of rotatable bonds is 6. The number of pyridine rings is 2. The molecular formula is C24H22N6O. The highest BCUT2D eigenvalue weighted by molar-refractivity contribution is 5.93. The van der Waals surface area contributed by atoms with E-state index >= 15 is 0 Å². The van der Waals surface area contributed by atoms with Gasteiger partial charge < -0.3 is 10.2 Å². The first-order valence-electron chi connectivity index (χ1n) is 9.85. The Bertz CT molecular complexity index is 1160. The van der Waals surface area contributed by atoms with Gasteiger partial charge in [0.05, 0.1) is 18.4 Å². The fraction of sp³-hybridized carbons (Fsp3) is 0.125. The van der Waals surface area contributed by atoms with Crippen molar-refractivity contribution in [1.82, 2.24) is 19.9 Å². The number of aromatic nitrogens is 4. The number of amides is 1. The Morgan fingerprint density at radius 2 is 1.68 bits per heavy atom. The smallest absolute Gasteiger partial charge is 0.245 e. The number of hydrogen-bond donors (Lipinski definition) is 1. The van der Waals surface area contributed by atoms with Gasteiger partial charge in [-0.3, -0.25) is 19.7 Å². The highest BCUT2D eigenvalue weighted by Crippen LogP contribution is 2.23. The maximum absolute atomic E-state index is 12.5. The van der Waals surface area contributed by atoms with Gasteiger partial charge in [-0.2, -0.15) is 0 Å². The van der Waals surface area contributed by atoms with Gasteiger partial charge in [-0.25, -0.2) is 4.98 Å². The van der Waals surface area contributed by atoms with Crippen molar-refractivity contribution < 1.29 is 4.79 Å². The Labute approximate surface area is 180 Å². The summed E-state index contributed by atoms with van der Waals surface area (Å²) in [6.07, 6.45) is 8.40. The molecule has 3 aromatic heterocycles. The predicted octanol–water partition coefficient (Wildman–Crippen LogP) is 3.98. The van der Waals surface area contributed by atoms with Crippen LogP contribution in [0.15, 0.2) is 79.5 Å². The summed E-state index contributed by atoms with van der Waals surface area (Å²) >= 11 is 0. The molecule has 3 heterocycles. The van der Waals surface area contributed by atoms with E-state index in [9.17, 15) is 4.79 Å². The van der Waals surface area contributed by atoms with E-state index in [2.05, 4.69) is 31.3 Å². The topological polar surface area (TPSA) is 83.9 Å². The minimum absolute atomic E-state index is 0.143. The Morgan fingerprint density at radius 1 is 0.871 bits per heavy atom. The first-order valence-corrected chi connectivity index (χ1v) is 9.85. The summed E-state index contributed by atoms with van der Waals surface area (Å²) < 4.78 is 0. The molecule has 0 radical (unpaired) electrons. The fourth-order valence-electron chi connectivity index (χ4n) is 3.19. The summed E-state index contributed by atoms with van der Waals surface area (Å²) in [6, 6.07) is 15.8. The normalized spacial score (nSPS) is 10.5. The van der Waals surface area contributed by atoms with Crippen molar-refractivity contribution in [2.45, 2.75) is 6.92 Å². The molecule has 0 saturated carbocycles. The SMILES string of the molecule is Cc1cc(-c2ccc(N(C)CC(=O)Nc3ccc(-c4cnccn4)cn3)cc2)ccn1. The minimum atomic E-state index is -0.143. The zero-order valence-corrected chi connectivity index (χ0v) is 17.4. The van der Waals surface area contributed by atoms with Gasteiger partial charge >= 0.3 is 0 Å². The van der Waals surface area contributed by atoms with Crippen LogP contribution in [0.2, 0.25) is 0 Å². The van der Waals surface area contributed by atoms with Crippen molar-refractivity contribution in [3.8, 4) is 22.4 Å². The third kappa shape index (κ3) is 5.08. The zero-order valence-electron chi connectivity index (χ0n) is 17.4. The summed E-state index contributed by atoms with van der Waals surface area (Å²) in [7, 11) is 1.88. The second-order valence-corrected chi connectivity index (χ2v) is 7.16. The van der Waals surface area contributed by atoms with Crippen molar-refractivity contribution in [1.29, 1.82) is 0 Å². The molecule has 4 aromatic rings. The van der Waals surface area contributed by atoms with Crippen LogP contribution < -0.4 is 10.2 Å². The summed E-state index contributed by atoms with van der Waals surface area (Å²) in [4.78, 5) is 31.2. The van der Waals surface area contributed by atoms with Crippen molar-refractivity contribution in [3.63, 3.8) is 0 Å². The average Bonchev–Trinajstić information content (AvgIpc) is 2.80. The van der Waals surface area contributed by atoms with Crippen LogP contribution in [0, 0.1) is 6.92 Å². The minimum Gasteiger partial charge on any atom is -0.365 e. The van der Waals surface area contributed by atoms with Crippen molar-refractivity contribution in [2.75, 3.05) is 23.8 Å². The predicted molar refractivity (Wildman–Crippen MR) is 122 cm³/mol. The van der Waals surface area contributed by atoms with Crippen LogP contribution in [0.4, 0.5) is 11.5 Å². The molecule has 154 valence electrons. The molecule has 1 aromatic carbocycles. The van der Waals surface area contributed by atoms with Gasteiger partial charge in [0, 0.05) is 48.8 Å². The molecule has 31 heavy (non-hydrogen) atoms. The zero-order chi connectivity index (χ0) is 21.6. The van der Waals surface area contributed by atoms with E-state index in [1.165, 1.54) is 0 Å². The third-order valence-electron chi connectivity index (χ3n) is 4.81. The summed E-state index contributed by atoms with van der Waals surface area (Å²) in [5.41, 5.74) is 5.74. The number of nitrogens with one attached hydrogen (secondary N) is 1. The Balaban J connectivity index is 1.36. The van der Waals surface area contributed by atoms with Gasteiger partial charge in [-0.1, -0.05) is 12.1 Å². The van der Waals surface area contributed by atoms with Crippen LogP contribution in [0.1, 0.15) is 5.69 Å².